The Morgan fingerprint density at radius 1 is 1.21 bits per heavy atom. The van der Waals surface area contributed by atoms with Crippen LogP contribution >= 0.6 is 11.6 Å². The van der Waals surface area contributed by atoms with Crippen molar-refractivity contribution >= 4 is 29.3 Å². The fourth-order valence-corrected chi connectivity index (χ4v) is 5.35. The molecule has 1 aromatic carbocycles. The highest BCUT2D eigenvalue weighted by atomic mass is 35.5. The molecule has 1 aromatic heterocycles. The van der Waals surface area contributed by atoms with E-state index in [0.29, 0.717) is 24.7 Å². The molecule has 2 N–H and O–H groups in total. The number of anilines is 1. The zero-order chi connectivity index (χ0) is 23.0. The molecule has 0 radical (unpaired) electrons. The zero-order valence-corrected chi connectivity index (χ0v) is 19.7. The molecule has 33 heavy (non-hydrogen) atoms. The predicted octanol–water partition coefficient (Wildman–Crippen LogP) is 3.48. The van der Waals surface area contributed by atoms with Gasteiger partial charge in [0.25, 0.3) is 0 Å². The van der Waals surface area contributed by atoms with Crippen molar-refractivity contribution in [1.29, 1.82) is 0 Å². The van der Waals surface area contributed by atoms with Crippen LogP contribution in [0, 0.1) is 0 Å². The number of aliphatic imine (C=N–C) groups is 1. The molecule has 3 aliphatic rings. The van der Waals surface area contributed by atoms with Gasteiger partial charge in [-0.15, -0.1) is 0 Å². The Labute approximate surface area is 199 Å². The summed E-state index contributed by atoms with van der Waals surface area (Å²) in [6.45, 7) is 5.37. The first kappa shape index (κ1) is 22.2. The molecule has 8 heteroatoms. The van der Waals surface area contributed by atoms with E-state index >= 15 is 0 Å². The molecule has 5 rings (SSSR count). The second-order valence-electron chi connectivity index (χ2n) is 9.35. The van der Waals surface area contributed by atoms with Gasteiger partial charge in [-0.25, -0.2) is 9.98 Å². The normalized spacial score (nSPS) is 23.9. The van der Waals surface area contributed by atoms with Gasteiger partial charge in [0.15, 0.2) is 5.96 Å². The molecular formula is C25H30ClN5O2. The van der Waals surface area contributed by atoms with Gasteiger partial charge in [-0.05, 0) is 48.9 Å². The summed E-state index contributed by atoms with van der Waals surface area (Å²) < 4.78 is 5.43. The fourth-order valence-electron chi connectivity index (χ4n) is 4.95. The van der Waals surface area contributed by atoms with Crippen molar-refractivity contribution in [3.05, 3.63) is 58.2 Å². The lowest BCUT2D eigenvalue weighted by Gasteiger charge is -2.40. The lowest BCUT2D eigenvalue weighted by Crippen LogP contribution is -2.55. The van der Waals surface area contributed by atoms with Gasteiger partial charge in [0.1, 0.15) is 5.82 Å². The van der Waals surface area contributed by atoms with Gasteiger partial charge in [-0.3, -0.25) is 9.69 Å². The average molecular weight is 468 g/mol. The van der Waals surface area contributed by atoms with Crippen LogP contribution in [0.5, 0.6) is 0 Å². The zero-order valence-electron chi connectivity index (χ0n) is 19.0. The molecule has 0 saturated carbocycles. The largest absolute Gasteiger partial charge is 0.381 e. The number of aromatic nitrogens is 1. The molecule has 4 heterocycles. The molecule has 0 unspecified atom stereocenters. The van der Waals surface area contributed by atoms with Gasteiger partial charge in [0.05, 0.1) is 12.0 Å². The minimum absolute atomic E-state index is 0.0100. The van der Waals surface area contributed by atoms with Crippen LogP contribution in [0.1, 0.15) is 49.3 Å². The van der Waals surface area contributed by atoms with E-state index in [1.165, 1.54) is 6.42 Å². The van der Waals surface area contributed by atoms with E-state index in [0.717, 1.165) is 48.4 Å². The lowest BCUT2D eigenvalue weighted by atomic mass is 9.85. The standard InChI is InChI=1S/C25H30ClN5O2/c1-25(15-22(32)31(24(27)29-25)19-8-12-33-13-9-19)20-5-2-4-18(23(20)26)14-17-6-7-21(28-16-17)30-10-3-11-30/h2,4-7,16,19H,3,8-15H2,1H3,(H2,27,29)/t25-/m0/s1. The third-order valence-electron chi connectivity index (χ3n) is 6.97. The van der Waals surface area contributed by atoms with Gasteiger partial charge >= 0.3 is 0 Å². The van der Waals surface area contributed by atoms with Gasteiger partial charge < -0.3 is 15.4 Å². The molecule has 3 aliphatic heterocycles. The minimum atomic E-state index is -0.796. The number of nitrogens with zero attached hydrogens (tertiary/aromatic N) is 4. The van der Waals surface area contributed by atoms with Gasteiger partial charge in [-0.2, -0.15) is 0 Å². The first-order valence-electron chi connectivity index (χ1n) is 11.7. The summed E-state index contributed by atoms with van der Waals surface area (Å²) in [7, 11) is 0. The van der Waals surface area contributed by atoms with E-state index in [2.05, 4.69) is 22.0 Å². The fraction of sp³-hybridized carbons (Fsp3) is 0.480. The molecule has 2 saturated heterocycles. The smallest absolute Gasteiger partial charge is 0.232 e. The molecule has 7 nitrogen and oxygen atoms in total. The number of rotatable bonds is 5. The first-order valence-corrected chi connectivity index (χ1v) is 12.1. The Morgan fingerprint density at radius 2 is 2.00 bits per heavy atom. The van der Waals surface area contributed by atoms with Crippen LogP contribution in [-0.2, 0) is 21.5 Å². The highest BCUT2D eigenvalue weighted by molar-refractivity contribution is 6.32. The molecule has 0 aliphatic carbocycles. The number of carbonyl (C=O) groups excluding carboxylic acids is 1. The van der Waals surface area contributed by atoms with Crippen molar-refractivity contribution in [2.45, 2.75) is 50.6 Å². The second kappa shape index (κ2) is 8.95. The molecule has 1 atom stereocenters. The summed E-state index contributed by atoms with van der Waals surface area (Å²) in [5, 5.41) is 0.635. The second-order valence-corrected chi connectivity index (χ2v) is 9.73. The minimum Gasteiger partial charge on any atom is -0.381 e. The first-order chi connectivity index (χ1) is 15.9. The topological polar surface area (TPSA) is 84.0 Å². The summed E-state index contributed by atoms with van der Waals surface area (Å²) in [4.78, 5) is 26.5. The number of amides is 1. The molecule has 1 amide bonds. The number of hydrogen-bond acceptors (Lipinski definition) is 6. The predicted molar refractivity (Wildman–Crippen MR) is 130 cm³/mol. The van der Waals surface area contributed by atoms with E-state index in [-0.39, 0.29) is 24.3 Å². The quantitative estimate of drug-likeness (QED) is 0.727. The monoisotopic (exact) mass is 467 g/mol. The molecule has 2 aromatic rings. The SMILES string of the molecule is C[C@@]1(c2cccc(Cc3ccc(N4CCC4)nc3)c2Cl)CC(=O)N(C2CCOCC2)C(N)=N1. The van der Waals surface area contributed by atoms with Crippen molar-refractivity contribution in [2.24, 2.45) is 10.7 Å². The van der Waals surface area contributed by atoms with E-state index in [9.17, 15) is 4.79 Å². The number of benzene rings is 1. The number of ether oxygens (including phenoxy) is 1. The Hall–Kier alpha value is -2.64. The summed E-state index contributed by atoms with van der Waals surface area (Å²) >= 11 is 6.90. The van der Waals surface area contributed by atoms with Crippen LogP contribution in [0.15, 0.2) is 41.5 Å². The summed E-state index contributed by atoms with van der Waals surface area (Å²) in [6.07, 6.45) is 5.61. The molecule has 0 bridgehead atoms. The maximum atomic E-state index is 13.2. The third kappa shape index (κ3) is 4.32. The van der Waals surface area contributed by atoms with Crippen molar-refractivity contribution in [1.82, 2.24) is 9.88 Å². The van der Waals surface area contributed by atoms with E-state index in [1.54, 1.807) is 4.90 Å². The van der Waals surface area contributed by atoms with E-state index in [1.807, 2.05) is 31.3 Å². The maximum Gasteiger partial charge on any atom is 0.232 e. The molecule has 174 valence electrons. The van der Waals surface area contributed by atoms with Gasteiger partial charge in [0.2, 0.25) is 5.91 Å². The van der Waals surface area contributed by atoms with Gasteiger partial charge in [0, 0.05) is 50.0 Å². The van der Waals surface area contributed by atoms with Crippen molar-refractivity contribution in [3.63, 3.8) is 0 Å². The van der Waals surface area contributed by atoms with Crippen molar-refractivity contribution in [2.75, 3.05) is 31.2 Å². The van der Waals surface area contributed by atoms with Crippen LogP contribution in [-0.4, -0.2) is 54.1 Å². The molecule has 2 fully saturated rings. The Balaban J connectivity index is 1.38. The summed E-state index contributed by atoms with van der Waals surface area (Å²) in [5.41, 5.74) is 8.45. The van der Waals surface area contributed by atoms with Crippen molar-refractivity contribution in [3.8, 4) is 0 Å². The third-order valence-corrected chi connectivity index (χ3v) is 7.42. The number of hydrogen-bond donors (Lipinski definition) is 1. The van der Waals surface area contributed by atoms with E-state index in [4.69, 9.17) is 27.1 Å². The number of carbonyl (C=O) groups is 1. The summed E-state index contributed by atoms with van der Waals surface area (Å²) in [6, 6.07) is 10.2. The summed E-state index contributed by atoms with van der Waals surface area (Å²) in [5.74, 6) is 1.29. The number of nitrogens with two attached hydrogens (primary N) is 1. The number of guanidine groups is 1. The van der Waals surface area contributed by atoms with Crippen LogP contribution in [0.3, 0.4) is 0 Å². The van der Waals surface area contributed by atoms with Crippen LogP contribution in [0.4, 0.5) is 5.82 Å². The molecular weight excluding hydrogens is 438 g/mol. The van der Waals surface area contributed by atoms with Crippen molar-refractivity contribution < 1.29 is 9.53 Å². The highest BCUT2D eigenvalue weighted by Crippen LogP contribution is 2.40. The van der Waals surface area contributed by atoms with Gasteiger partial charge in [-0.1, -0.05) is 35.9 Å². The lowest BCUT2D eigenvalue weighted by molar-refractivity contribution is -0.132. The van der Waals surface area contributed by atoms with Crippen LogP contribution < -0.4 is 10.6 Å². The Morgan fingerprint density at radius 3 is 2.64 bits per heavy atom. The van der Waals surface area contributed by atoms with Crippen LogP contribution in [0.25, 0.3) is 0 Å². The highest BCUT2D eigenvalue weighted by Gasteiger charge is 2.41. The average Bonchev–Trinajstić information content (AvgIpc) is 2.75. The Bertz CT molecular complexity index is 1060. The number of halogens is 1. The molecule has 0 spiro atoms. The van der Waals surface area contributed by atoms with Crippen LogP contribution in [0.2, 0.25) is 5.02 Å². The number of pyridine rings is 1. The maximum absolute atomic E-state index is 13.2. The Kier molecular flexibility index (Phi) is 6.01. The van der Waals surface area contributed by atoms with E-state index < -0.39 is 5.54 Å².